The first-order chi connectivity index (χ1) is 10.2. The van der Waals surface area contributed by atoms with Crippen LogP contribution in [0, 0.1) is 11.3 Å². The molecule has 0 spiro atoms. The van der Waals surface area contributed by atoms with Crippen molar-refractivity contribution < 1.29 is 5.11 Å². The Morgan fingerprint density at radius 2 is 2.05 bits per heavy atom. The van der Waals surface area contributed by atoms with Crippen LogP contribution >= 0.6 is 15.9 Å². The van der Waals surface area contributed by atoms with Gasteiger partial charge in [0.1, 0.15) is 11.9 Å². The van der Waals surface area contributed by atoms with E-state index in [4.69, 9.17) is 5.26 Å². The zero-order valence-electron chi connectivity index (χ0n) is 11.1. The normalized spacial score (nSPS) is 21.3. The van der Waals surface area contributed by atoms with Crippen LogP contribution in [-0.4, -0.2) is 27.7 Å². The molecule has 106 valence electrons. The number of nitriles is 1. The molecule has 2 atom stereocenters. The van der Waals surface area contributed by atoms with Crippen molar-refractivity contribution in [1.29, 1.82) is 5.26 Å². The maximum atomic E-state index is 10.0. The Hall–Kier alpha value is -1.97. The molecule has 1 fully saturated rings. The molecule has 1 aliphatic rings. The van der Waals surface area contributed by atoms with Gasteiger partial charge in [-0.2, -0.15) is 5.26 Å². The van der Waals surface area contributed by atoms with E-state index in [1.165, 1.54) is 6.20 Å². The molecular weight excluding hydrogens is 332 g/mol. The third kappa shape index (κ3) is 2.89. The first kappa shape index (κ1) is 14.0. The average molecular weight is 345 g/mol. The molecule has 21 heavy (non-hydrogen) atoms. The Morgan fingerprint density at radius 3 is 2.76 bits per heavy atom. The number of nitrogens with zero attached hydrogens (tertiary/aromatic N) is 4. The number of hydrogen-bond acceptors (Lipinski definition) is 5. The summed E-state index contributed by atoms with van der Waals surface area (Å²) in [6, 6.07) is 10.1. The molecule has 0 bridgehead atoms. The average Bonchev–Trinajstić information content (AvgIpc) is 2.90. The summed E-state index contributed by atoms with van der Waals surface area (Å²) in [5.74, 6) is 0.624. The zero-order chi connectivity index (χ0) is 14.8. The highest BCUT2D eigenvalue weighted by molar-refractivity contribution is 9.10. The molecule has 6 heteroatoms. The van der Waals surface area contributed by atoms with E-state index in [1.54, 1.807) is 6.20 Å². The lowest BCUT2D eigenvalue weighted by molar-refractivity contribution is 0.194. The fourth-order valence-corrected chi connectivity index (χ4v) is 2.88. The van der Waals surface area contributed by atoms with E-state index >= 15 is 0 Å². The predicted molar refractivity (Wildman–Crippen MR) is 81.6 cm³/mol. The topological polar surface area (TPSA) is 73.0 Å². The van der Waals surface area contributed by atoms with Gasteiger partial charge in [-0.15, -0.1) is 0 Å². The second kappa shape index (κ2) is 5.80. The molecule has 1 aliphatic heterocycles. The number of rotatable bonds is 2. The summed E-state index contributed by atoms with van der Waals surface area (Å²) in [6.07, 6.45) is 3.29. The summed E-state index contributed by atoms with van der Waals surface area (Å²) < 4.78 is 1.02. The van der Waals surface area contributed by atoms with Gasteiger partial charge in [0, 0.05) is 11.0 Å². The highest BCUT2D eigenvalue weighted by Gasteiger charge is 2.33. The van der Waals surface area contributed by atoms with Crippen molar-refractivity contribution in [2.75, 3.05) is 11.4 Å². The largest absolute Gasteiger partial charge is 0.391 e. The van der Waals surface area contributed by atoms with Gasteiger partial charge >= 0.3 is 0 Å². The summed E-state index contributed by atoms with van der Waals surface area (Å²) in [6.45, 7) is 0.490. The Kier molecular flexibility index (Phi) is 3.86. The fraction of sp³-hybridized carbons (Fsp3) is 0.267. The second-order valence-corrected chi connectivity index (χ2v) is 5.90. The lowest BCUT2D eigenvalue weighted by Gasteiger charge is -2.25. The van der Waals surface area contributed by atoms with E-state index in [0.717, 1.165) is 10.0 Å². The number of aliphatic hydroxyl groups excluding tert-OH is 1. The lowest BCUT2D eigenvalue weighted by atomic mass is 10.0. The summed E-state index contributed by atoms with van der Waals surface area (Å²) in [5.41, 5.74) is 1.39. The summed E-state index contributed by atoms with van der Waals surface area (Å²) in [4.78, 5) is 10.3. The minimum Gasteiger partial charge on any atom is -0.391 e. The summed E-state index contributed by atoms with van der Waals surface area (Å²) in [7, 11) is 0. The van der Waals surface area contributed by atoms with Gasteiger partial charge in [0.05, 0.1) is 24.5 Å². The number of hydrogen-bond donors (Lipinski definition) is 1. The molecule has 5 nitrogen and oxygen atoms in total. The first-order valence-electron chi connectivity index (χ1n) is 6.59. The van der Waals surface area contributed by atoms with Crippen LogP contribution in [0.5, 0.6) is 0 Å². The zero-order valence-corrected chi connectivity index (χ0v) is 12.7. The molecule has 3 rings (SSSR count). The Morgan fingerprint density at radius 1 is 1.29 bits per heavy atom. The van der Waals surface area contributed by atoms with Crippen LogP contribution < -0.4 is 4.90 Å². The third-order valence-electron chi connectivity index (χ3n) is 3.56. The van der Waals surface area contributed by atoms with Crippen LogP contribution in [0.1, 0.15) is 23.7 Å². The first-order valence-corrected chi connectivity index (χ1v) is 7.39. The maximum Gasteiger partial charge on any atom is 0.161 e. The SMILES string of the molecule is N#Cc1cncc(N2CC(O)CC2c2ccc(Br)cc2)n1. The van der Waals surface area contributed by atoms with Crippen LogP contribution in [0.2, 0.25) is 0 Å². The number of β-amino-alcohol motifs (C(OH)–C–C–N with tert-alkyl or cyclic N) is 1. The predicted octanol–water partition coefficient (Wildman–Crippen LogP) is 2.42. The van der Waals surface area contributed by atoms with Gasteiger partial charge < -0.3 is 10.0 Å². The highest BCUT2D eigenvalue weighted by Crippen LogP contribution is 2.35. The van der Waals surface area contributed by atoms with Crippen molar-refractivity contribution in [3.63, 3.8) is 0 Å². The maximum absolute atomic E-state index is 10.0. The van der Waals surface area contributed by atoms with Gasteiger partial charge in [0.25, 0.3) is 0 Å². The lowest BCUT2D eigenvalue weighted by Crippen LogP contribution is -2.25. The molecule has 1 aromatic carbocycles. The monoisotopic (exact) mass is 344 g/mol. The van der Waals surface area contributed by atoms with Crippen molar-refractivity contribution in [2.24, 2.45) is 0 Å². The van der Waals surface area contributed by atoms with Gasteiger partial charge in [-0.1, -0.05) is 28.1 Å². The van der Waals surface area contributed by atoms with Crippen LogP contribution in [0.15, 0.2) is 41.1 Å². The van der Waals surface area contributed by atoms with E-state index in [9.17, 15) is 5.11 Å². The number of anilines is 1. The van der Waals surface area contributed by atoms with Gasteiger partial charge in [-0.05, 0) is 24.1 Å². The minimum absolute atomic E-state index is 0.0383. The van der Waals surface area contributed by atoms with E-state index in [0.29, 0.717) is 18.8 Å². The van der Waals surface area contributed by atoms with Crippen molar-refractivity contribution in [3.8, 4) is 6.07 Å². The van der Waals surface area contributed by atoms with Gasteiger partial charge in [0.2, 0.25) is 0 Å². The third-order valence-corrected chi connectivity index (χ3v) is 4.09. The molecule has 0 radical (unpaired) electrons. The van der Waals surface area contributed by atoms with Crippen molar-refractivity contribution >= 4 is 21.7 Å². The molecule has 0 aliphatic carbocycles. The van der Waals surface area contributed by atoms with Gasteiger partial charge in [0.15, 0.2) is 5.69 Å². The van der Waals surface area contributed by atoms with E-state index < -0.39 is 6.10 Å². The second-order valence-electron chi connectivity index (χ2n) is 4.98. The van der Waals surface area contributed by atoms with Crippen LogP contribution in [0.4, 0.5) is 5.82 Å². The minimum atomic E-state index is -0.411. The smallest absolute Gasteiger partial charge is 0.161 e. The van der Waals surface area contributed by atoms with Crippen molar-refractivity contribution in [3.05, 3.63) is 52.4 Å². The number of halogens is 1. The molecule has 0 saturated carbocycles. The number of aromatic nitrogens is 2. The quantitative estimate of drug-likeness (QED) is 0.905. The van der Waals surface area contributed by atoms with Gasteiger partial charge in [-0.3, -0.25) is 4.98 Å². The molecular formula is C15H13BrN4O. The van der Waals surface area contributed by atoms with Crippen LogP contribution in [-0.2, 0) is 0 Å². The highest BCUT2D eigenvalue weighted by atomic mass is 79.9. The van der Waals surface area contributed by atoms with Gasteiger partial charge in [-0.25, -0.2) is 4.98 Å². The Bertz CT molecular complexity index is 683. The molecule has 1 aromatic heterocycles. The molecule has 2 heterocycles. The van der Waals surface area contributed by atoms with Crippen molar-refractivity contribution in [1.82, 2.24) is 9.97 Å². The Labute approximate surface area is 131 Å². The van der Waals surface area contributed by atoms with Crippen LogP contribution in [0.3, 0.4) is 0 Å². The number of aliphatic hydroxyl groups is 1. The Balaban J connectivity index is 1.95. The van der Waals surface area contributed by atoms with E-state index in [1.807, 2.05) is 35.2 Å². The summed E-state index contributed by atoms with van der Waals surface area (Å²) in [5, 5.41) is 19.0. The standard InChI is InChI=1S/C15H13BrN4O/c16-11-3-1-10(2-4-11)14-5-13(21)9-20(14)15-8-18-7-12(6-17)19-15/h1-4,7-8,13-14,21H,5,9H2. The molecule has 0 amide bonds. The van der Waals surface area contributed by atoms with E-state index in [2.05, 4.69) is 25.9 Å². The number of benzene rings is 1. The van der Waals surface area contributed by atoms with Crippen LogP contribution in [0.25, 0.3) is 0 Å². The summed E-state index contributed by atoms with van der Waals surface area (Å²) >= 11 is 3.42. The molecule has 2 aromatic rings. The van der Waals surface area contributed by atoms with E-state index in [-0.39, 0.29) is 11.7 Å². The molecule has 1 N–H and O–H groups in total. The van der Waals surface area contributed by atoms with Crippen molar-refractivity contribution in [2.45, 2.75) is 18.6 Å². The molecule has 2 unspecified atom stereocenters. The fourth-order valence-electron chi connectivity index (χ4n) is 2.62. The molecule has 1 saturated heterocycles.